The SMILES string of the molecule is CC(C)(C)OC(=O)N1CCCC(CNC2CCCNCC2)C1. The van der Waals surface area contributed by atoms with Crippen molar-refractivity contribution in [3.63, 3.8) is 0 Å². The van der Waals surface area contributed by atoms with Crippen molar-refractivity contribution in [2.45, 2.75) is 64.5 Å². The average molecular weight is 311 g/mol. The minimum absolute atomic E-state index is 0.157. The van der Waals surface area contributed by atoms with Crippen LogP contribution in [0.2, 0.25) is 0 Å². The second-order valence-corrected chi connectivity index (χ2v) is 7.72. The second-order valence-electron chi connectivity index (χ2n) is 7.72. The maximum absolute atomic E-state index is 12.2. The number of likely N-dealkylation sites (tertiary alicyclic amines) is 1. The molecule has 2 aliphatic heterocycles. The number of nitrogens with one attached hydrogen (secondary N) is 2. The van der Waals surface area contributed by atoms with E-state index in [0.717, 1.165) is 39.1 Å². The zero-order valence-electron chi connectivity index (χ0n) is 14.5. The van der Waals surface area contributed by atoms with Gasteiger partial charge in [0.05, 0.1) is 0 Å². The highest BCUT2D eigenvalue weighted by atomic mass is 16.6. The van der Waals surface area contributed by atoms with Gasteiger partial charge in [-0.3, -0.25) is 0 Å². The average Bonchev–Trinajstić information content (AvgIpc) is 2.72. The summed E-state index contributed by atoms with van der Waals surface area (Å²) in [6.45, 7) is 10.7. The summed E-state index contributed by atoms with van der Waals surface area (Å²) in [6, 6.07) is 0.631. The van der Waals surface area contributed by atoms with Gasteiger partial charge >= 0.3 is 6.09 Å². The van der Waals surface area contributed by atoms with Crippen molar-refractivity contribution in [2.75, 3.05) is 32.7 Å². The first kappa shape index (κ1) is 17.5. The summed E-state index contributed by atoms with van der Waals surface area (Å²) in [5.41, 5.74) is -0.407. The predicted molar refractivity (Wildman–Crippen MR) is 89.0 cm³/mol. The third kappa shape index (κ3) is 6.13. The number of amides is 1. The largest absolute Gasteiger partial charge is 0.444 e. The van der Waals surface area contributed by atoms with E-state index in [1.165, 1.54) is 25.7 Å². The van der Waals surface area contributed by atoms with Crippen LogP contribution in [0.1, 0.15) is 52.9 Å². The second kappa shape index (κ2) is 8.16. The van der Waals surface area contributed by atoms with Crippen molar-refractivity contribution in [3.05, 3.63) is 0 Å². The Morgan fingerprint density at radius 2 is 2.05 bits per heavy atom. The molecular formula is C17H33N3O2. The molecule has 0 aromatic heterocycles. The van der Waals surface area contributed by atoms with Crippen LogP contribution in [0.5, 0.6) is 0 Å². The number of hydrogen-bond donors (Lipinski definition) is 2. The molecule has 2 unspecified atom stereocenters. The van der Waals surface area contributed by atoms with Crippen molar-refractivity contribution in [2.24, 2.45) is 5.92 Å². The molecule has 22 heavy (non-hydrogen) atoms. The molecular weight excluding hydrogens is 278 g/mol. The van der Waals surface area contributed by atoms with Gasteiger partial charge in [-0.2, -0.15) is 0 Å². The molecule has 1 amide bonds. The fourth-order valence-corrected chi connectivity index (χ4v) is 3.28. The molecule has 2 saturated heterocycles. The topological polar surface area (TPSA) is 53.6 Å². The van der Waals surface area contributed by atoms with E-state index in [-0.39, 0.29) is 6.09 Å². The number of rotatable bonds is 3. The fraction of sp³-hybridized carbons (Fsp3) is 0.941. The van der Waals surface area contributed by atoms with Gasteiger partial charge in [0, 0.05) is 19.1 Å². The first-order chi connectivity index (χ1) is 10.4. The van der Waals surface area contributed by atoms with Gasteiger partial charge in [-0.15, -0.1) is 0 Å². The van der Waals surface area contributed by atoms with Crippen LogP contribution in [-0.4, -0.2) is 55.4 Å². The van der Waals surface area contributed by atoms with Gasteiger partial charge in [-0.1, -0.05) is 0 Å². The molecule has 2 heterocycles. The molecule has 2 fully saturated rings. The van der Waals surface area contributed by atoms with Crippen molar-refractivity contribution < 1.29 is 9.53 Å². The van der Waals surface area contributed by atoms with Crippen LogP contribution in [-0.2, 0) is 4.74 Å². The lowest BCUT2D eigenvalue weighted by molar-refractivity contribution is 0.0165. The first-order valence-corrected chi connectivity index (χ1v) is 8.86. The molecule has 0 aromatic carbocycles. The van der Waals surface area contributed by atoms with Crippen molar-refractivity contribution in [1.82, 2.24) is 15.5 Å². The Balaban J connectivity index is 1.74. The molecule has 2 aliphatic rings. The Morgan fingerprint density at radius 3 is 2.82 bits per heavy atom. The molecule has 128 valence electrons. The Kier molecular flexibility index (Phi) is 6.50. The third-order valence-corrected chi connectivity index (χ3v) is 4.44. The van der Waals surface area contributed by atoms with Crippen LogP contribution in [0.15, 0.2) is 0 Å². The Hall–Kier alpha value is -0.810. The smallest absolute Gasteiger partial charge is 0.410 e. The number of ether oxygens (including phenoxy) is 1. The van der Waals surface area contributed by atoms with Crippen molar-refractivity contribution in [3.8, 4) is 0 Å². The minimum atomic E-state index is -0.407. The lowest BCUT2D eigenvalue weighted by Gasteiger charge is -2.34. The molecule has 0 radical (unpaired) electrons. The number of nitrogens with zero attached hydrogens (tertiary/aromatic N) is 1. The summed E-state index contributed by atoms with van der Waals surface area (Å²) in [4.78, 5) is 14.1. The van der Waals surface area contributed by atoms with Gasteiger partial charge in [-0.25, -0.2) is 4.79 Å². The van der Waals surface area contributed by atoms with E-state index < -0.39 is 5.60 Å². The monoisotopic (exact) mass is 311 g/mol. The van der Waals surface area contributed by atoms with E-state index >= 15 is 0 Å². The summed E-state index contributed by atoms with van der Waals surface area (Å²) in [5.74, 6) is 0.553. The maximum atomic E-state index is 12.2. The Bertz CT molecular complexity index is 346. The first-order valence-electron chi connectivity index (χ1n) is 8.86. The van der Waals surface area contributed by atoms with Crippen molar-refractivity contribution in [1.29, 1.82) is 0 Å². The van der Waals surface area contributed by atoms with Crippen LogP contribution in [0, 0.1) is 5.92 Å². The molecule has 5 heteroatoms. The van der Waals surface area contributed by atoms with Crippen LogP contribution in [0.3, 0.4) is 0 Å². The van der Waals surface area contributed by atoms with Crippen LogP contribution in [0.4, 0.5) is 4.79 Å². The summed E-state index contributed by atoms with van der Waals surface area (Å²) in [7, 11) is 0. The minimum Gasteiger partial charge on any atom is -0.444 e. The van der Waals surface area contributed by atoms with E-state index in [4.69, 9.17) is 4.74 Å². The molecule has 0 spiro atoms. The normalized spacial score (nSPS) is 27.3. The quantitative estimate of drug-likeness (QED) is 0.840. The van der Waals surface area contributed by atoms with E-state index in [9.17, 15) is 4.79 Å². The van der Waals surface area contributed by atoms with Crippen LogP contribution >= 0.6 is 0 Å². The molecule has 5 nitrogen and oxygen atoms in total. The number of carbonyl (C=O) groups excluding carboxylic acids is 1. The standard InChI is InChI=1S/C17H33N3O2/c1-17(2,3)22-16(21)20-11-5-6-14(13-20)12-19-15-7-4-9-18-10-8-15/h14-15,18-19H,4-13H2,1-3H3. The molecule has 0 aliphatic carbocycles. The zero-order chi connectivity index (χ0) is 16.0. The fourth-order valence-electron chi connectivity index (χ4n) is 3.28. The molecule has 2 atom stereocenters. The highest BCUT2D eigenvalue weighted by molar-refractivity contribution is 5.68. The molecule has 0 saturated carbocycles. The zero-order valence-corrected chi connectivity index (χ0v) is 14.5. The van der Waals surface area contributed by atoms with Gasteiger partial charge in [0.2, 0.25) is 0 Å². The molecule has 0 bridgehead atoms. The highest BCUT2D eigenvalue weighted by Gasteiger charge is 2.27. The molecule has 0 aromatic rings. The van der Waals surface area contributed by atoms with Crippen LogP contribution in [0.25, 0.3) is 0 Å². The van der Waals surface area contributed by atoms with Gasteiger partial charge in [0.1, 0.15) is 5.60 Å². The number of hydrogen-bond acceptors (Lipinski definition) is 4. The van der Waals surface area contributed by atoms with Gasteiger partial charge in [-0.05, 0) is 78.4 Å². The summed E-state index contributed by atoms with van der Waals surface area (Å²) in [6.07, 6.45) is 5.86. The highest BCUT2D eigenvalue weighted by Crippen LogP contribution is 2.19. The summed E-state index contributed by atoms with van der Waals surface area (Å²) >= 11 is 0. The molecule has 2 N–H and O–H groups in total. The summed E-state index contributed by atoms with van der Waals surface area (Å²) < 4.78 is 5.49. The Labute approximate surface area is 135 Å². The Morgan fingerprint density at radius 1 is 1.23 bits per heavy atom. The van der Waals surface area contributed by atoms with Gasteiger partial charge in [0.25, 0.3) is 0 Å². The summed E-state index contributed by atoms with van der Waals surface area (Å²) in [5, 5.41) is 7.17. The van der Waals surface area contributed by atoms with Crippen LogP contribution < -0.4 is 10.6 Å². The maximum Gasteiger partial charge on any atom is 0.410 e. The predicted octanol–water partition coefficient (Wildman–Crippen LogP) is 2.37. The third-order valence-electron chi connectivity index (χ3n) is 4.44. The van der Waals surface area contributed by atoms with E-state index in [1.54, 1.807) is 0 Å². The van der Waals surface area contributed by atoms with Crippen molar-refractivity contribution >= 4 is 6.09 Å². The number of piperidine rings is 1. The lowest BCUT2D eigenvalue weighted by Crippen LogP contribution is -2.46. The van der Waals surface area contributed by atoms with Gasteiger partial charge < -0.3 is 20.3 Å². The van der Waals surface area contributed by atoms with E-state index in [1.807, 2.05) is 25.7 Å². The molecule has 2 rings (SSSR count). The van der Waals surface area contributed by atoms with E-state index in [2.05, 4.69) is 10.6 Å². The lowest BCUT2D eigenvalue weighted by atomic mass is 9.97. The van der Waals surface area contributed by atoms with Gasteiger partial charge in [0.15, 0.2) is 0 Å². The van der Waals surface area contributed by atoms with E-state index in [0.29, 0.717) is 12.0 Å². The number of carbonyl (C=O) groups is 1.